The van der Waals surface area contributed by atoms with Crippen LogP contribution in [-0.4, -0.2) is 30.1 Å². The van der Waals surface area contributed by atoms with Gasteiger partial charge >= 0.3 is 0 Å². The van der Waals surface area contributed by atoms with Crippen molar-refractivity contribution in [1.82, 2.24) is 4.90 Å². The molecule has 1 amide bonds. The van der Waals surface area contributed by atoms with Crippen LogP contribution in [0.3, 0.4) is 0 Å². The molecule has 1 unspecified atom stereocenters. The summed E-state index contributed by atoms with van der Waals surface area (Å²) in [4.78, 5) is 14.5. The zero-order valence-corrected chi connectivity index (χ0v) is 14.6. The van der Waals surface area contributed by atoms with Crippen molar-refractivity contribution in [3.63, 3.8) is 0 Å². The predicted octanol–water partition coefficient (Wildman–Crippen LogP) is 4.39. The quantitative estimate of drug-likeness (QED) is 0.769. The number of amides is 1. The number of fused-ring (bicyclic) bond motifs is 1. The number of benzene rings is 3. The van der Waals surface area contributed by atoms with Gasteiger partial charge in [-0.2, -0.15) is 0 Å². The molecule has 0 aliphatic carbocycles. The molecule has 0 saturated carbocycles. The van der Waals surface area contributed by atoms with Crippen molar-refractivity contribution in [3.8, 4) is 11.5 Å². The van der Waals surface area contributed by atoms with Crippen molar-refractivity contribution in [3.05, 3.63) is 71.8 Å². The van der Waals surface area contributed by atoms with Crippen LogP contribution in [-0.2, 0) is 0 Å². The topological polar surface area (TPSA) is 49.8 Å². The van der Waals surface area contributed by atoms with Gasteiger partial charge in [0, 0.05) is 7.05 Å². The number of hydrogen-bond acceptors (Lipinski definition) is 3. The summed E-state index contributed by atoms with van der Waals surface area (Å²) in [6.45, 7) is 1.96. The Bertz CT molecular complexity index is 903. The first-order chi connectivity index (χ1) is 12.0. The Morgan fingerprint density at radius 3 is 2.24 bits per heavy atom. The third kappa shape index (κ3) is 3.29. The first-order valence-electron chi connectivity index (χ1n) is 8.14. The van der Waals surface area contributed by atoms with Crippen molar-refractivity contribution in [2.75, 3.05) is 14.2 Å². The molecule has 0 spiro atoms. The van der Waals surface area contributed by atoms with Crippen molar-refractivity contribution in [2.45, 2.75) is 13.0 Å². The second-order valence-electron chi connectivity index (χ2n) is 6.08. The van der Waals surface area contributed by atoms with Crippen molar-refractivity contribution in [1.29, 1.82) is 0 Å². The summed E-state index contributed by atoms with van der Waals surface area (Å²) in [5.41, 5.74) is 1.30. The van der Waals surface area contributed by atoms with Crippen LogP contribution in [0.4, 0.5) is 0 Å². The Morgan fingerprint density at radius 1 is 1.04 bits per heavy atom. The van der Waals surface area contributed by atoms with Crippen LogP contribution < -0.4 is 4.74 Å². The number of nitrogens with zero attached hydrogens (tertiary/aromatic N) is 1. The van der Waals surface area contributed by atoms with E-state index in [0.717, 1.165) is 22.1 Å². The molecule has 0 aliphatic heterocycles. The first kappa shape index (κ1) is 16.8. The molecule has 4 heteroatoms. The van der Waals surface area contributed by atoms with Gasteiger partial charge in [-0.1, -0.05) is 36.4 Å². The molecular weight excluding hydrogens is 314 g/mol. The lowest BCUT2D eigenvalue weighted by Crippen LogP contribution is -2.29. The number of rotatable bonds is 4. The molecule has 25 heavy (non-hydrogen) atoms. The maximum absolute atomic E-state index is 12.9. The SMILES string of the molecule is COc1ccc(C(C)N(C)C(=O)c2cc3ccccc3cc2O)cc1. The molecule has 1 atom stereocenters. The molecule has 0 aliphatic rings. The van der Waals surface area contributed by atoms with Crippen LogP contribution in [0.5, 0.6) is 11.5 Å². The molecule has 0 heterocycles. The normalized spacial score (nSPS) is 12.0. The molecule has 0 aromatic heterocycles. The van der Waals surface area contributed by atoms with E-state index in [1.165, 1.54) is 0 Å². The average Bonchev–Trinajstić information content (AvgIpc) is 2.65. The highest BCUT2D eigenvalue weighted by Crippen LogP contribution is 2.29. The fourth-order valence-electron chi connectivity index (χ4n) is 2.87. The van der Waals surface area contributed by atoms with E-state index < -0.39 is 0 Å². The minimum absolute atomic E-state index is 0.00233. The maximum Gasteiger partial charge on any atom is 0.257 e. The highest BCUT2D eigenvalue weighted by Gasteiger charge is 2.22. The van der Waals surface area contributed by atoms with Crippen LogP contribution >= 0.6 is 0 Å². The van der Waals surface area contributed by atoms with E-state index in [4.69, 9.17) is 4.74 Å². The minimum atomic E-state index is -0.216. The van der Waals surface area contributed by atoms with E-state index in [1.54, 1.807) is 31.2 Å². The summed E-state index contributed by atoms with van der Waals surface area (Å²) in [5.74, 6) is 0.557. The number of carbonyl (C=O) groups excluding carboxylic acids is 1. The van der Waals surface area contributed by atoms with Crippen LogP contribution in [0, 0.1) is 0 Å². The highest BCUT2D eigenvalue weighted by atomic mass is 16.5. The average molecular weight is 335 g/mol. The second-order valence-corrected chi connectivity index (χ2v) is 6.08. The Labute approximate surface area is 147 Å². The van der Waals surface area contributed by atoms with E-state index in [1.807, 2.05) is 55.5 Å². The molecule has 1 N–H and O–H groups in total. The van der Waals surface area contributed by atoms with E-state index in [-0.39, 0.29) is 17.7 Å². The summed E-state index contributed by atoms with van der Waals surface area (Å²) < 4.78 is 5.17. The van der Waals surface area contributed by atoms with Crippen molar-refractivity contribution < 1.29 is 14.6 Å². The van der Waals surface area contributed by atoms with Gasteiger partial charge in [0.05, 0.1) is 18.7 Å². The van der Waals surface area contributed by atoms with Gasteiger partial charge < -0.3 is 14.7 Å². The fraction of sp³-hybridized carbons (Fsp3) is 0.190. The summed E-state index contributed by atoms with van der Waals surface area (Å²) in [7, 11) is 3.36. The molecule has 3 rings (SSSR count). The Morgan fingerprint density at radius 2 is 1.64 bits per heavy atom. The smallest absolute Gasteiger partial charge is 0.257 e. The van der Waals surface area contributed by atoms with Gasteiger partial charge in [-0.15, -0.1) is 0 Å². The highest BCUT2D eigenvalue weighted by molar-refractivity contribution is 6.01. The summed E-state index contributed by atoms with van der Waals surface area (Å²) >= 11 is 0. The largest absolute Gasteiger partial charge is 0.507 e. The van der Waals surface area contributed by atoms with Gasteiger partial charge in [-0.05, 0) is 47.5 Å². The number of carbonyl (C=O) groups is 1. The number of aromatic hydroxyl groups is 1. The Kier molecular flexibility index (Phi) is 4.61. The summed E-state index contributed by atoms with van der Waals surface area (Å²) in [6.07, 6.45) is 0. The summed E-state index contributed by atoms with van der Waals surface area (Å²) in [5, 5.41) is 12.1. The zero-order valence-electron chi connectivity index (χ0n) is 14.6. The molecule has 3 aromatic rings. The third-order valence-corrected chi connectivity index (χ3v) is 4.59. The number of phenolic OH excluding ortho intramolecular Hbond substituents is 1. The molecule has 128 valence electrons. The van der Waals surface area contributed by atoms with Crippen LogP contribution in [0.1, 0.15) is 28.9 Å². The zero-order chi connectivity index (χ0) is 18.0. The van der Waals surface area contributed by atoms with Gasteiger partial charge in [-0.3, -0.25) is 4.79 Å². The predicted molar refractivity (Wildman–Crippen MR) is 99.1 cm³/mol. The van der Waals surface area contributed by atoms with Gasteiger partial charge in [0.15, 0.2) is 0 Å². The number of methoxy groups -OCH3 is 1. The van der Waals surface area contributed by atoms with E-state index in [0.29, 0.717) is 5.56 Å². The number of phenols is 1. The van der Waals surface area contributed by atoms with Gasteiger partial charge in [0.25, 0.3) is 5.91 Å². The van der Waals surface area contributed by atoms with E-state index in [2.05, 4.69) is 0 Å². The van der Waals surface area contributed by atoms with Gasteiger partial charge in [0.1, 0.15) is 11.5 Å². The van der Waals surface area contributed by atoms with E-state index >= 15 is 0 Å². The molecule has 0 fully saturated rings. The third-order valence-electron chi connectivity index (χ3n) is 4.59. The molecule has 0 bridgehead atoms. The van der Waals surface area contributed by atoms with Crippen molar-refractivity contribution >= 4 is 16.7 Å². The number of hydrogen-bond donors (Lipinski definition) is 1. The minimum Gasteiger partial charge on any atom is -0.507 e. The second kappa shape index (κ2) is 6.85. The summed E-state index contributed by atoms with van der Waals surface area (Å²) in [6, 6.07) is 18.5. The van der Waals surface area contributed by atoms with Crippen LogP contribution in [0.25, 0.3) is 10.8 Å². The molecule has 3 aromatic carbocycles. The molecule has 0 saturated heterocycles. The monoisotopic (exact) mass is 335 g/mol. The fourth-order valence-corrected chi connectivity index (χ4v) is 2.87. The lowest BCUT2D eigenvalue weighted by atomic mass is 10.0. The Balaban J connectivity index is 1.89. The van der Waals surface area contributed by atoms with Crippen molar-refractivity contribution in [2.24, 2.45) is 0 Å². The molecule has 4 nitrogen and oxygen atoms in total. The molecule has 0 radical (unpaired) electrons. The number of ether oxygens (including phenoxy) is 1. The maximum atomic E-state index is 12.9. The first-order valence-corrected chi connectivity index (χ1v) is 8.14. The van der Waals surface area contributed by atoms with E-state index in [9.17, 15) is 9.90 Å². The lowest BCUT2D eigenvalue weighted by molar-refractivity contribution is 0.0740. The van der Waals surface area contributed by atoms with Gasteiger partial charge in [0.2, 0.25) is 0 Å². The lowest BCUT2D eigenvalue weighted by Gasteiger charge is -2.26. The Hall–Kier alpha value is -3.01. The molecular formula is C21H21NO3. The van der Waals surface area contributed by atoms with Crippen LogP contribution in [0.15, 0.2) is 60.7 Å². The standard InChI is InChI=1S/C21H21NO3/c1-14(15-8-10-18(25-3)11-9-15)22(2)21(24)19-12-16-6-4-5-7-17(16)13-20(19)23/h4-14,23H,1-3H3. The van der Waals surface area contributed by atoms with Crippen LogP contribution in [0.2, 0.25) is 0 Å². The van der Waals surface area contributed by atoms with Gasteiger partial charge in [-0.25, -0.2) is 0 Å².